The first-order valence-corrected chi connectivity index (χ1v) is 7.71. The van der Waals surface area contributed by atoms with E-state index in [-0.39, 0.29) is 6.79 Å². The second-order valence-electron chi connectivity index (χ2n) is 4.39. The molecule has 0 unspecified atom stereocenters. The van der Waals surface area contributed by atoms with Crippen LogP contribution in [0.2, 0.25) is 0 Å². The predicted molar refractivity (Wildman–Crippen MR) is 90.1 cm³/mol. The molecule has 3 rings (SSSR count). The highest BCUT2D eigenvalue weighted by Gasteiger charge is 2.17. The molecule has 0 fully saturated rings. The average Bonchev–Trinajstić information content (AvgIpc) is 2.94. The summed E-state index contributed by atoms with van der Waals surface area (Å²) in [7, 11) is 0. The van der Waals surface area contributed by atoms with Gasteiger partial charge < -0.3 is 14.2 Å². The molecule has 0 saturated carbocycles. The molecule has 1 heterocycles. The standard InChI is InChI=1S/C16H14INO3/c1-2-19-14-8-16-15(20-10-21-16)7-11(14)9-18-13-6-4-3-5-12(13)17/h3-9H,2,10H2,1H3. The molecule has 0 radical (unpaired) electrons. The van der Waals surface area contributed by atoms with Crippen LogP contribution in [0.25, 0.3) is 0 Å². The largest absolute Gasteiger partial charge is 0.493 e. The number of hydrogen-bond donors (Lipinski definition) is 0. The van der Waals surface area contributed by atoms with Crippen LogP contribution in [-0.2, 0) is 0 Å². The van der Waals surface area contributed by atoms with Crippen LogP contribution in [0.4, 0.5) is 5.69 Å². The fourth-order valence-corrected chi connectivity index (χ4v) is 2.54. The number of aliphatic imine (C=N–C) groups is 1. The summed E-state index contributed by atoms with van der Waals surface area (Å²) in [6, 6.07) is 11.7. The van der Waals surface area contributed by atoms with Gasteiger partial charge in [-0.2, -0.15) is 0 Å². The zero-order valence-electron chi connectivity index (χ0n) is 11.5. The van der Waals surface area contributed by atoms with Gasteiger partial charge in [0.2, 0.25) is 6.79 Å². The van der Waals surface area contributed by atoms with E-state index in [1.54, 1.807) is 6.21 Å². The van der Waals surface area contributed by atoms with E-state index in [0.717, 1.165) is 26.3 Å². The first kappa shape index (κ1) is 14.2. The van der Waals surface area contributed by atoms with Gasteiger partial charge in [0.25, 0.3) is 0 Å². The highest BCUT2D eigenvalue weighted by atomic mass is 127. The second-order valence-corrected chi connectivity index (χ2v) is 5.55. The summed E-state index contributed by atoms with van der Waals surface area (Å²) in [5.74, 6) is 2.18. The molecule has 2 aromatic carbocycles. The molecule has 0 amide bonds. The third-order valence-corrected chi connectivity index (χ3v) is 3.91. The Labute approximate surface area is 136 Å². The van der Waals surface area contributed by atoms with Gasteiger partial charge in [-0.1, -0.05) is 12.1 Å². The number of benzene rings is 2. The van der Waals surface area contributed by atoms with Crippen LogP contribution in [-0.4, -0.2) is 19.6 Å². The number of ether oxygens (including phenoxy) is 3. The van der Waals surface area contributed by atoms with E-state index in [9.17, 15) is 0 Å². The third-order valence-electron chi connectivity index (χ3n) is 3.00. The van der Waals surface area contributed by atoms with Gasteiger partial charge in [0.1, 0.15) is 5.75 Å². The van der Waals surface area contributed by atoms with Crippen molar-refractivity contribution < 1.29 is 14.2 Å². The molecular weight excluding hydrogens is 381 g/mol. The fourth-order valence-electron chi connectivity index (χ4n) is 2.02. The van der Waals surface area contributed by atoms with E-state index in [1.165, 1.54) is 0 Å². The monoisotopic (exact) mass is 395 g/mol. The molecule has 108 valence electrons. The van der Waals surface area contributed by atoms with Gasteiger partial charge in [-0.25, -0.2) is 0 Å². The Hall–Kier alpha value is -1.76. The Morgan fingerprint density at radius 3 is 2.76 bits per heavy atom. The summed E-state index contributed by atoms with van der Waals surface area (Å²) >= 11 is 2.27. The summed E-state index contributed by atoms with van der Waals surface area (Å²) in [5.41, 5.74) is 1.80. The van der Waals surface area contributed by atoms with Gasteiger partial charge >= 0.3 is 0 Å². The van der Waals surface area contributed by atoms with Crippen LogP contribution in [0.1, 0.15) is 12.5 Å². The van der Waals surface area contributed by atoms with E-state index in [1.807, 2.05) is 43.3 Å². The molecule has 0 saturated heterocycles. The smallest absolute Gasteiger partial charge is 0.231 e. The van der Waals surface area contributed by atoms with E-state index in [4.69, 9.17) is 14.2 Å². The summed E-state index contributed by atoms with van der Waals surface area (Å²) in [5, 5.41) is 0. The van der Waals surface area contributed by atoms with E-state index in [0.29, 0.717) is 12.4 Å². The lowest BCUT2D eigenvalue weighted by Crippen LogP contribution is -1.96. The van der Waals surface area contributed by atoms with Gasteiger partial charge in [-0.15, -0.1) is 0 Å². The summed E-state index contributed by atoms with van der Waals surface area (Å²) in [6.45, 7) is 2.78. The first-order valence-electron chi connectivity index (χ1n) is 6.63. The first-order chi connectivity index (χ1) is 10.3. The SMILES string of the molecule is CCOc1cc2c(cc1C=Nc1ccccc1I)OCO2. The normalized spacial score (nSPS) is 12.9. The molecule has 0 N–H and O–H groups in total. The quantitative estimate of drug-likeness (QED) is 0.577. The molecule has 4 nitrogen and oxygen atoms in total. The van der Waals surface area contributed by atoms with Gasteiger partial charge in [0.05, 0.1) is 12.3 Å². The van der Waals surface area contributed by atoms with Crippen molar-refractivity contribution in [2.45, 2.75) is 6.92 Å². The van der Waals surface area contributed by atoms with Crippen molar-refractivity contribution in [3.8, 4) is 17.2 Å². The average molecular weight is 395 g/mol. The minimum Gasteiger partial charge on any atom is -0.493 e. The van der Waals surface area contributed by atoms with Crippen molar-refractivity contribution in [2.75, 3.05) is 13.4 Å². The van der Waals surface area contributed by atoms with Gasteiger partial charge in [-0.05, 0) is 47.7 Å². The van der Waals surface area contributed by atoms with Crippen LogP contribution >= 0.6 is 22.6 Å². The van der Waals surface area contributed by atoms with Gasteiger partial charge in [0.15, 0.2) is 11.5 Å². The van der Waals surface area contributed by atoms with Crippen molar-refractivity contribution in [2.24, 2.45) is 4.99 Å². The molecule has 0 atom stereocenters. The van der Waals surface area contributed by atoms with Crippen LogP contribution in [0.5, 0.6) is 17.2 Å². The van der Waals surface area contributed by atoms with Crippen molar-refractivity contribution in [1.82, 2.24) is 0 Å². The molecule has 0 spiro atoms. The lowest BCUT2D eigenvalue weighted by Gasteiger charge is -2.08. The van der Waals surface area contributed by atoms with Crippen LogP contribution in [0.3, 0.4) is 0 Å². The minimum absolute atomic E-state index is 0.248. The highest BCUT2D eigenvalue weighted by molar-refractivity contribution is 14.1. The van der Waals surface area contributed by atoms with Crippen molar-refractivity contribution >= 4 is 34.5 Å². The molecule has 2 aromatic rings. The number of rotatable bonds is 4. The number of para-hydroxylation sites is 1. The Balaban J connectivity index is 1.96. The molecule has 1 aliphatic heterocycles. The maximum absolute atomic E-state index is 5.65. The van der Waals surface area contributed by atoms with Crippen LogP contribution in [0, 0.1) is 3.57 Å². The van der Waals surface area contributed by atoms with Crippen LogP contribution < -0.4 is 14.2 Å². The topological polar surface area (TPSA) is 40.0 Å². The van der Waals surface area contributed by atoms with E-state index in [2.05, 4.69) is 27.6 Å². The Bertz CT molecular complexity index is 685. The van der Waals surface area contributed by atoms with Crippen molar-refractivity contribution in [3.05, 3.63) is 45.5 Å². The van der Waals surface area contributed by atoms with Crippen LogP contribution in [0.15, 0.2) is 41.4 Å². The molecule has 21 heavy (non-hydrogen) atoms. The maximum Gasteiger partial charge on any atom is 0.231 e. The Kier molecular flexibility index (Phi) is 4.28. The van der Waals surface area contributed by atoms with Gasteiger partial charge in [0, 0.05) is 21.4 Å². The zero-order valence-corrected chi connectivity index (χ0v) is 13.7. The van der Waals surface area contributed by atoms with E-state index < -0.39 is 0 Å². The molecule has 0 bridgehead atoms. The molecule has 1 aliphatic rings. The Morgan fingerprint density at radius 1 is 1.24 bits per heavy atom. The van der Waals surface area contributed by atoms with E-state index >= 15 is 0 Å². The van der Waals surface area contributed by atoms with Crippen molar-refractivity contribution in [1.29, 1.82) is 0 Å². The lowest BCUT2D eigenvalue weighted by atomic mass is 10.2. The maximum atomic E-state index is 5.65. The van der Waals surface area contributed by atoms with Crippen molar-refractivity contribution in [3.63, 3.8) is 0 Å². The Morgan fingerprint density at radius 2 is 2.00 bits per heavy atom. The molecule has 0 aliphatic carbocycles. The van der Waals surface area contributed by atoms with Gasteiger partial charge in [-0.3, -0.25) is 4.99 Å². The third kappa shape index (κ3) is 3.12. The fraction of sp³-hybridized carbons (Fsp3) is 0.188. The highest BCUT2D eigenvalue weighted by Crippen LogP contribution is 2.37. The molecule has 5 heteroatoms. The number of fused-ring (bicyclic) bond motifs is 1. The predicted octanol–water partition coefficient (Wildman–Crippen LogP) is 4.17. The molecule has 0 aromatic heterocycles. The number of nitrogens with zero attached hydrogens (tertiary/aromatic N) is 1. The minimum atomic E-state index is 0.248. The summed E-state index contributed by atoms with van der Waals surface area (Å²) in [4.78, 5) is 4.54. The number of hydrogen-bond acceptors (Lipinski definition) is 4. The zero-order chi connectivity index (χ0) is 14.7. The molecular formula is C16H14INO3. The lowest BCUT2D eigenvalue weighted by molar-refractivity contribution is 0.174. The second kappa shape index (κ2) is 6.34. The summed E-state index contributed by atoms with van der Waals surface area (Å²) in [6.07, 6.45) is 1.80. The number of halogens is 1. The summed E-state index contributed by atoms with van der Waals surface area (Å²) < 4.78 is 17.5.